The Morgan fingerprint density at radius 2 is 2.00 bits per heavy atom. The van der Waals surface area contributed by atoms with E-state index in [0.717, 1.165) is 58.8 Å². The zero-order valence-electron chi connectivity index (χ0n) is 18.5. The third-order valence-electron chi connectivity index (χ3n) is 6.43. The van der Waals surface area contributed by atoms with Crippen LogP contribution in [0.5, 0.6) is 0 Å². The van der Waals surface area contributed by atoms with Crippen LogP contribution in [0, 0.1) is 8.99 Å². The fourth-order valence-corrected chi connectivity index (χ4v) is 5.55. The Labute approximate surface area is 200 Å². The third kappa shape index (κ3) is 3.80. The number of hydrogen-bond donors (Lipinski definition) is 1. The Kier molecular flexibility index (Phi) is 5.26. The first-order valence-corrected chi connectivity index (χ1v) is 12.0. The van der Waals surface area contributed by atoms with Gasteiger partial charge in [-0.05, 0) is 74.3 Å². The van der Waals surface area contributed by atoms with Gasteiger partial charge in [0, 0.05) is 49.0 Å². The van der Waals surface area contributed by atoms with Crippen molar-refractivity contribution < 1.29 is 9.53 Å². The number of carbonyl (C=O) groups is 1. The molecule has 1 amide bonds. The number of alkyl carbamates (subject to hydrolysis) is 1. The lowest BCUT2D eigenvalue weighted by Gasteiger charge is -2.43. The molecule has 8 nitrogen and oxygen atoms in total. The van der Waals surface area contributed by atoms with Gasteiger partial charge in [-0.3, -0.25) is 9.38 Å². The van der Waals surface area contributed by atoms with Crippen molar-refractivity contribution in [3.8, 4) is 0 Å². The zero-order chi connectivity index (χ0) is 22.5. The summed E-state index contributed by atoms with van der Waals surface area (Å²) in [6.45, 7) is 7.35. The van der Waals surface area contributed by atoms with Crippen molar-refractivity contribution in [2.24, 2.45) is 5.41 Å². The number of piperidine rings is 1. The first-order valence-electron chi connectivity index (χ1n) is 10.9. The Hall–Kier alpha value is -2.43. The van der Waals surface area contributed by atoms with Crippen LogP contribution in [0.3, 0.4) is 0 Å². The number of nitrogens with zero attached hydrogens (tertiary/aromatic N) is 5. The summed E-state index contributed by atoms with van der Waals surface area (Å²) in [4.78, 5) is 28.8. The predicted molar refractivity (Wildman–Crippen MR) is 130 cm³/mol. The van der Waals surface area contributed by atoms with E-state index in [9.17, 15) is 4.79 Å². The average molecular weight is 546 g/mol. The molecule has 1 atom stereocenters. The molecule has 168 valence electrons. The number of halogens is 1. The molecule has 32 heavy (non-hydrogen) atoms. The highest BCUT2D eigenvalue weighted by atomic mass is 127. The summed E-state index contributed by atoms with van der Waals surface area (Å²) in [5.41, 5.74) is 2.49. The van der Waals surface area contributed by atoms with Crippen LogP contribution < -0.4 is 10.2 Å². The molecular weight excluding hydrogens is 519 g/mol. The summed E-state index contributed by atoms with van der Waals surface area (Å²) in [5.74, 6) is 0.915. The molecule has 1 saturated heterocycles. The number of rotatable bonds is 2. The van der Waals surface area contributed by atoms with Crippen molar-refractivity contribution in [1.29, 1.82) is 0 Å². The van der Waals surface area contributed by atoms with Gasteiger partial charge in [0.05, 0.1) is 9.61 Å². The lowest BCUT2D eigenvalue weighted by molar-refractivity contribution is 0.0427. The van der Waals surface area contributed by atoms with Crippen molar-refractivity contribution in [2.45, 2.75) is 51.7 Å². The van der Waals surface area contributed by atoms with Crippen LogP contribution in [0.1, 0.15) is 50.9 Å². The number of amides is 1. The van der Waals surface area contributed by atoms with Crippen molar-refractivity contribution in [1.82, 2.24) is 24.7 Å². The lowest BCUT2D eigenvalue weighted by atomic mass is 9.73. The van der Waals surface area contributed by atoms with E-state index in [4.69, 9.17) is 9.72 Å². The van der Waals surface area contributed by atoms with Gasteiger partial charge < -0.3 is 15.0 Å². The molecule has 0 bridgehead atoms. The van der Waals surface area contributed by atoms with Crippen LogP contribution in [0.4, 0.5) is 10.7 Å². The molecule has 0 unspecified atom stereocenters. The molecule has 2 aliphatic rings. The number of pyridine rings is 1. The van der Waals surface area contributed by atoms with Crippen LogP contribution >= 0.6 is 22.6 Å². The minimum absolute atomic E-state index is 0.0820. The number of carbonyl (C=O) groups excluding carboxylic acids is 1. The smallest absolute Gasteiger partial charge is 0.408 e. The quantitative estimate of drug-likeness (QED) is 0.487. The SMILES string of the molecule is CC(C)(C)OC(=O)N[C@@H]1c2cccnc2CC12CCN(c1ncc(I)c3nccn13)CC2. The molecule has 5 rings (SSSR count). The van der Waals surface area contributed by atoms with E-state index < -0.39 is 5.60 Å². The summed E-state index contributed by atoms with van der Waals surface area (Å²) >= 11 is 2.27. The Morgan fingerprint density at radius 1 is 1.22 bits per heavy atom. The molecule has 3 aromatic heterocycles. The van der Waals surface area contributed by atoms with Crippen LogP contribution in [-0.2, 0) is 11.2 Å². The first kappa shape index (κ1) is 21.4. The zero-order valence-corrected chi connectivity index (χ0v) is 20.7. The Bertz CT molecular complexity index is 1160. The number of ether oxygens (including phenoxy) is 1. The second-order valence-corrected chi connectivity index (χ2v) is 10.8. The molecule has 4 heterocycles. The number of nitrogens with one attached hydrogen (secondary N) is 1. The summed E-state index contributed by atoms with van der Waals surface area (Å²) in [6, 6.07) is 3.92. The van der Waals surface area contributed by atoms with Gasteiger partial charge in [0.25, 0.3) is 0 Å². The van der Waals surface area contributed by atoms with Gasteiger partial charge in [0.1, 0.15) is 5.60 Å². The minimum atomic E-state index is -0.538. The molecule has 1 N–H and O–H groups in total. The Morgan fingerprint density at radius 3 is 2.75 bits per heavy atom. The molecular formula is C23H27IN6O2. The molecule has 3 aromatic rings. The van der Waals surface area contributed by atoms with E-state index in [1.54, 1.807) is 0 Å². The van der Waals surface area contributed by atoms with Crippen LogP contribution in [0.2, 0.25) is 0 Å². The lowest BCUT2D eigenvalue weighted by Crippen LogP contribution is -2.48. The number of fused-ring (bicyclic) bond motifs is 2. The van der Waals surface area contributed by atoms with E-state index in [1.165, 1.54) is 0 Å². The molecule has 0 aromatic carbocycles. The fraction of sp³-hybridized carbons (Fsp3) is 0.478. The van der Waals surface area contributed by atoms with Crippen LogP contribution in [-0.4, -0.2) is 44.1 Å². The van der Waals surface area contributed by atoms with E-state index in [-0.39, 0.29) is 17.6 Å². The van der Waals surface area contributed by atoms with Gasteiger partial charge in [-0.1, -0.05) is 6.07 Å². The molecule has 9 heteroatoms. The standard InChI is InChI=1S/C23H27IN6O2/c1-22(2,3)32-21(31)28-18-15-5-4-8-25-17(15)13-23(18)6-10-29(11-7-23)20-27-14-16(24)19-26-9-12-30(19)20/h4-5,8-9,12,14,18H,6-7,10-11,13H2,1-3H3,(H,28,31)/t18-/m1/s1. The normalized spacial score (nSPS) is 19.9. The number of anilines is 1. The third-order valence-corrected chi connectivity index (χ3v) is 7.20. The van der Waals surface area contributed by atoms with E-state index in [1.807, 2.05) is 51.6 Å². The molecule has 1 fully saturated rings. The monoisotopic (exact) mass is 546 g/mol. The summed E-state index contributed by atoms with van der Waals surface area (Å²) < 4.78 is 8.68. The fourth-order valence-electron chi connectivity index (χ4n) is 5.01. The molecule has 1 aliphatic carbocycles. The first-order chi connectivity index (χ1) is 15.3. The van der Waals surface area contributed by atoms with Gasteiger partial charge in [-0.15, -0.1) is 0 Å². The number of imidazole rings is 1. The van der Waals surface area contributed by atoms with Gasteiger partial charge in [0.15, 0.2) is 5.65 Å². The molecule has 0 radical (unpaired) electrons. The number of hydrogen-bond acceptors (Lipinski definition) is 6. The van der Waals surface area contributed by atoms with Crippen LogP contribution in [0.15, 0.2) is 36.9 Å². The molecule has 1 aliphatic heterocycles. The van der Waals surface area contributed by atoms with Gasteiger partial charge in [-0.25, -0.2) is 14.8 Å². The second-order valence-electron chi connectivity index (χ2n) is 9.67. The minimum Gasteiger partial charge on any atom is -0.444 e. The number of aromatic nitrogens is 4. The van der Waals surface area contributed by atoms with Gasteiger partial charge in [-0.2, -0.15) is 0 Å². The largest absolute Gasteiger partial charge is 0.444 e. The van der Waals surface area contributed by atoms with Crippen molar-refractivity contribution in [2.75, 3.05) is 18.0 Å². The topological polar surface area (TPSA) is 84.6 Å². The maximum Gasteiger partial charge on any atom is 0.408 e. The average Bonchev–Trinajstić information content (AvgIpc) is 3.33. The summed E-state index contributed by atoms with van der Waals surface area (Å²) in [6.07, 6.45) is 9.83. The van der Waals surface area contributed by atoms with E-state index >= 15 is 0 Å². The maximum atomic E-state index is 12.7. The highest BCUT2D eigenvalue weighted by molar-refractivity contribution is 14.1. The Balaban J connectivity index is 1.40. The van der Waals surface area contributed by atoms with Gasteiger partial charge >= 0.3 is 6.09 Å². The van der Waals surface area contributed by atoms with Crippen molar-refractivity contribution >= 4 is 40.3 Å². The van der Waals surface area contributed by atoms with Gasteiger partial charge in [0.2, 0.25) is 5.95 Å². The second kappa shape index (κ2) is 7.86. The van der Waals surface area contributed by atoms with E-state index in [2.05, 4.69) is 53.2 Å². The highest BCUT2D eigenvalue weighted by Gasteiger charge is 2.49. The van der Waals surface area contributed by atoms with E-state index in [0.29, 0.717) is 0 Å². The summed E-state index contributed by atoms with van der Waals surface area (Å²) in [5, 5.41) is 3.19. The molecule has 1 spiro atoms. The highest BCUT2D eigenvalue weighted by Crippen LogP contribution is 2.51. The molecule has 0 saturated carbocycles. The predicted octanol–water partition coefficient (Wildman–Crippen LogP) is 4.14. The maximum absolute atomic E-state index is 12.7. The summed E-state index contributed by atoms with van der Waals surface area (Å²) in [7, 11) is 0. The van der Waals surface area contributed by atoms with Crippen LogP contribution in [0.25, 0.3) is 5.65 Å². The van der Waals surface area contributed by atoms with Crippen molar-refractivity contribution in [3.05, 3.63) is 51.7 Å². The van der Waals surface area contributed by atoms with Crippen molar-refractivity contribution in [3.63, 3.8) is 0 Å².